The van der Waals surface area contributed by atoms with Crippen LogP contribution in [0.15, 0.2) is 24.3 Å². The van der Waals surface area contributed by atoms with E-state index in [1.165, 1.54) is 75.6 Å². The smallest absolute Gasteiger partial charge is 0.0391 e. The molecule has 24 heavy (non-hydrogen) atoms. The minimum atomic E-state index is 0.682. The Bertz CT molecular complexity index is 466. The summed E-state index contributed by atoms with van der Waals surface area (Å²) in [5.41, 5.74) is 2.75. The molecule has 0 atom stereocenters. The highest BCUT2D eigenvalue weighted by Crippen LogP contribution is 2.35. The maximum absolute atomic E-state index is 3.62. The number of anilines is 2. The highest BCUT2D eigenvalue weighted by atomic mass is 15.2. The molecule has 0 heterocycles. The predicted octanol–water partition coefficient (Wildman–Crippen LogP) is 6.23. The fourth-order valence-electron chi connectivity index (χ4n) is 4.54. The maximum Gasteiger partial charge on any atom is 0.0391 e. The lowest BCUT2D eigenvalue weighted by molar-refractivity contribution is 0.340. The van der Waals surface area contributed by atoms with Gasteiger partial charge in [-0.05, 0) is 49.8 Å². The third-order valence-electron chi connectivity index (χ3n) is 5.79. The Balaban J connectivity index is 1.79. The second kappa shape index (κ2) is 8.78. The first-order chi connectivity index (χ1) is 11.7. The van der Waals surface area contributed by atoms with Crippen LogP contribution in [0.3, 0.4) is 0 Å². The van der Waals surface area contributed by atoms with Crippen LogP contribution in [0.1, 0.15) is 78.1 Å². The Morgan fingerprint density at radius 2 is 1.50 bits per heavy atom. The fraction of sp³-hybridized carbons (Fsp3) is 0.727. The molecule has 2 nitrogen and oxygen atoms in total. The van der Waals surface area contributed by atoms with Crippen molar-refractivity contribution in [3.8, 4) is 0 Å². The minimum absolute atomic E-state index is 0.682. The van der Waals surface area contributed by atoms with Crippen LogP contribution in [0.4, 0.5) is 11.4 Å². The van der Waals surface area contributed by atoms with E-state index in [2.05, 4.69) is 48.3 Å². The molecule has 1 aromatic carbocycles. The zero-order valence-electron chi connectivity index (χ0n) is 15.8. The Morgan fingerprint density at radius 3 is 2.04 bits per heavy atom. The SMILES string of the molecule is CC(C)CNc1cccc(N(C2CCCCC2)C2CCCCC2)c1. The van der Waals surface area contributed by atoms with Crippen molar-refractivity contribution in [3.63, 3.8) is 0 Å². The monoisotopic (exact) mass is 328 g/mol. The summed E-state index contributed by atoms with van der Waals surface area (Å²) in [7, 11) is 0. The van der Waals surface area contributed by atoms with Crippen LogP contribution >= 0.6 is 0 Å². The van der Waals surface area contributed by atoms with Crippen molar-refractivity contribution in [2.45, 2.75) is 90.1 Å². The summed E-state index contributed by atoms with van der Waals surface area (Å²) in [5.74, 6) is 0.682. The van der Waals surface area contributed by atoms with Gasteiger partial charge < -0.3 is 10.2 Å². The Kier molecular flexibility index (Phi) is 6.45. The number of hydrogen-bond donors (Lipinski definition) is 1. The number of hydrogen-bond acceptors (Lipinski definition) is 2. The van der Waals surface area contributed by atoms with Gasteiger partial charge in [0.1, 0.15) is 0 Å². The van der Waals surface area contributed by atoms with Crippen molar-refractivity contribution < 1.29 is 0 Å². The summed E-state index contributed by atoms with van der Waals surface area (Å²) < 4.78 is 0. The molecular formula is C22H36N2. The molecule has 2 aliphatic rings. The van der Waals surface area contributed by atoms with E-state index in [4.69, 9.17) is 0 Å². The highest BCUT2D eigenvalue weighted by molar-refractivity contribution is 5.59. The molecule has 2 fully saturated rings. The summed E-state index contributed by atoms with van der Waals surface area (Å²) in [6.45, 7) is 5.59. The molecule has 0 aliphatic heterocycles. The van der Waals surface area contributed by atoms with E-state index >= 15 is 0 Å². The van der Waals surface area contributed by atoms with Crippen LogP contribution in [0.25, 0.3) is 0 Å². The maximum atomic E-state index is 3.62. The first-order valence-electron chi connectivity index (χ1n) is 10.4. The average molecular weight is 329 g/mol. The molecule has 2 aliphatic carbocycles. The van der Waals surface area contributed by atoms with Crippen LogP contribution in [0, 0.1) is 5.92 Å². The minimum Gasteiger partial charge on any atom is -0.385 e. The summed E-state index contributed by atoms with van der Waals surface area (Å²) in [6, 6.07) is 10.8. The van der Waals surface area contributed by atoms with Gasteiger partial charge in [-0.15, -0.1) is 0 Å². The standard InChI is InChI=1S/C22H36N2/c1-18(2)17-23-19-10-9-15-22(16-19)24(20-11-5-3-6-12-20)21-13-7-4-8-14-21/h9-10,15-16,18,20-21,23H,3-8,11-14,17H2,1-2H3. The molecule has 2 heteroatoms. The third-order valence-corrected chi connectivity index (χ3v) is 5.79. The van der Waals surface area contributed by atoms with Gasteiger partial charge in [-0.2, -0.15) is 0 Å². The van der Waals surface area contributed by atoms with Gasteiger partial charge in [-0.25, -0.2) is 0 Å². The Hall–Kier alpha value is -1.18. The number of benzene rings is 1. The van der Waals surface area contributed by atoms with Crippen LogP contribution in [0.5, 0.6) is 0 Å². The molecule has 0 radical (unpaired) electrons. The molecule has 3 rings (SSSR count). The van der Waals surface area contributed by atoms with Crippen LogP contribution in [-0.2, 0) is 0 Å². The van der Waals surface area contributed by atoms with Gasteiger partial charge in [0.05, 0.1) is 0 Å². The summed E-state index contributed by atoms with van der Waals surface area (Å²) in [6.07, 6.45) is 14.1. The Morgan fingerprint density at radius 1 is 0.917 bits per heavy atom. The second-order valence-electron chi connectivity index (χ2n) is 8.32. The fourth-order valence-corrected chi connectivity index (χ4v) is 4.54. The first kappa shape index (κ1) is 17.6. The van der Waals surface area contributed by atoms with Gasteiger partial charge in [0, 0.05) is 30.0 Å². The van der Waals surface area contributed by atoms with Crippen molar-refractivity contribution in [2.75, 3.05) is 16.8 Å². The van der Waals surface area contributed by atoms with Crippen LogP contribution in [-0.4, -0.2) is 18.6 Å². The molecule has 2 saturated carbocycles. The molecule has 0 spiro atoms. The molecule has 134 valence electrons. The molecular weight excluding hydrogens is 292 g/mol. The molecule has 1 aromatic rings. The zero-order valence-corrected chi connectivity index (χ0v) is 15.8. The van der Waals surface area contributed by atoms with Gasteiger partial charge in [0.15, 0.2) is 0 Å². The van der Waals surface area contributed by atoms with Gasteiger partial charge in [0.2, 0.25) is 0 Å². The number of rotatable bonds is 6. The molecule has 0 amide bonds. The van der Waals surface area contributed by atoms with Crippen molar-refractivity contribution in [1.29, 1.82) is 0 Å². The average Bonchev–Trinajstić information content (AvgIpc) is 2.62. The van der Waals surface area contributed by atoms with Gasteiger partial charge in [-0.1, -0.05) is 58.4 Å². The molecule has 0 saturated heterocycles. The summed E-state index contributed by atoms with van der Waals surface area (Å²) in [4.78, 5) is 2.83. The van der Waals surface area contributed by atoms with Crippen LogP contribution in [0.2, 0.25) is 0 Å². The molecule has 0 bridgehead atoms. The van der Waals surface area contributed by atoms with E-state index in [1.54, 1.807) is 0 Å². The summed E-state index contributed by atoms with van der Waals surface area (Å²) >= 11 is 0. The second-order valence-corrected chi connectivity index (χ2v) is 8.32. The van der Waals surface area contributed by atoms with Crippen molar-refractivity contribution in [3.05, 3.63) is 24.3 Å². The van der Waals surface area contributed by atoms with Gasteiger partial charge in [-0.3, -0.25) is 0 Å². The summed E-state index contributed by atoms with van der Waals surface area (Å²) in [5, 5.41) is 3.62. The lowest BCUT2D eigenvalue weighted by atomic mass is 9.88. The van der Waals surface area contributed by atoms with E-state index in [9.17, 15) is 0 Å². The third kappa shape index (κ3) is 4.68. The lowest BCUT2D eigenvalue weighted by Crippen LogP contribution is -2.45. The molecule has 0 aromatic heterocycles. The molecule has 0 unspecified atom stereocenters. The predicted molar refractivity (Wildman–Crippen MR) is 106 cm³/mol. The quantitative estimate of drug-likeness (QED) is 0.666. The van der Waals surface area contributed by atoms with Crippen molar-refractivity contribution >= 4 is 11.4 Å². The van der Waals surface area contributed by atoms with Crippen molar-refractivity contribution in [1.82, 2.24) is 0 Å². The number of nitrogens with zero attached hydrogens (tertiary/aromatic N) is 1. The Labute approximate surface area is 149 Å². The largest absolute Gasteiger partial charge is 0.385 e. The van der Waals surface area contributed by atoms with E-state index in [0.29, 0.717) is 5.92 Å². The molecule has 1 N–H and O–H groups in total. The van der Waals surface area contributed by atoms with Gasteiger partial charge >= 0.3 is 0 Å². The normalized spacial score (nSPS) is 20.3. The zero-order chi connectivity index (χ0) is 16.8. The lowest BCUT2D eigenvalue weighted by Gasteiger charge is -2.43. The van der Waals surface area contributed by atoms with E-state index in [0.717, 1.165) is 18.6 Å². The van der Waals surface area contributed by atoms with E-state index in [1.807, 2.05) is 0 Å². The highest BCUT2D eigenvalue weighted by Gasteiger charge is 2.29. The van der Waals surface area contributed by atoms with Crippen LogP contribution < -0.4 is 10.2 Å². The number of nitrogens with one attached hydrogen (secondary N) is 1. The first-order valence-corrected chi connectivity index (χ1v) is 10.4. The van der Waals surface area contributed by atoms with Gasteiger partial charge in [0.25, 0.3) is 0 Å². The topological polar surface area (TPSA) is 15.3 Å². The van der Waals surface area contributed by atoms with E-state index < -0.39 is 0 Å². The van der Waals surface area contributed by atoms with Crippen molar-refractivity contribution in [2.24, 2.45) is 5.92 Å². The van der Waals surface area contributed by atoms with E-state index in [-0.39, 0.29) is 0 Å².